The fourth-order valence-electron chi connectivity index (χ4n) is 2.04. The van der Waals surface area contributed by atoms with Crippen LogP contribution in [-0.4, -0.2) is 14.2 Å². The van der Waals surface area contributed by atoms with Crippen LogP contribution in [0.4, 0.5) is 0 Å². The average Bonchev–Trinajstić information content (AvgIpc) is 2.62. The van der Waals surface area contributed by atoms with E-state index in [0.717, 1.165) is 11.1 Å². The van der Waals surface area contributed by atoms with Gasteiger partial charge in [0.2, 0.25) is 0 Å². The number of nitriles is 2. The molecule has 0 heterocycles. The summed E-state index contributed by atoms with van der Waals surface area (Å²) in [6, 6.07) is 10.4. The molecule has 0 aromatic heterocycles. The Morgan fingerprint density at radius 1 is 0.708 bits per heavy atom. The van der Waals surface area contributed by atoms with Crippen molar-refractivity contribution in [3.05, 3.63) is 47.5 Å². The summed E-state index contributed by atoms with van der Waals surface area (Å²) in [6.07, 6.45) is 6.98. The third kappa shape index (κ3) is 3.96. The first-order valence-electron chi connectivity index (χ1n) is 6.88. The van der Waals surface area contributed by atoms with Crippen LogP contribution in [0.2, 0.25) is 0 Å². The number of hydrogen-bond donors (Lipinski definition) is 0. The molecular weight excluding hydrogens is 308 g/mol. The molecule has 0 radical (unpaired) electrons. The Bertz CT molecular complexity index is 762. The molecular formula is C18H14N2O4. The molecule has 0 saturated carbocycles. The number of ether oxygens (including phenoxy) is 4. The summed E-state index contributed by atoms with van der Waals surface area (Å²) in [4.78, 5) is 0. The Hall–Kier alpha value is -3.64. The van der Waals surface area contributed by atoms with E-state index in [4.69, 9.17) is 29.5 Å². The number of nitrogens with zero attached hydrogens (tertiary/aromatic N) is 2. The van der Waals surface area contributed by atoms with Crippen molar-refractivity contribution in [1.82, 2.24) is 0 Å². The van der Waals surface area contributed by atoms with Crippen LogP contribution in [0.5, 0.6) is 23.0 Å². The van der Waals surface area contributed by atoms with Crippen molar-refractivity contribution in [2.24, 2.45) is 0 Å². The highest BCUT2D eigenvalue weighted by Gasteiger charge is 2.06. The number of benzene rings is 2. The first-order valence-corrected chi connectivity index (χ1v) is 6.88. The summed E-state index contributed by atoms with van der Waals surface area (Å²) in [6.45, 7) is 0. The highest BCUT2D eigenvalue weighted by Crippen LogP contribution is 2.30. The lowest BCUT2D eigenvalue weighted by Gasteiger charge is -2.07. The molecule has 0 N–H and O–H groups in total. The van der Waals surface area contributed by atoms with E-state index in [-0.39, 0.29) is 0 Å². The summed E-state index contributed by atoms with van der Waals surface area (Å²) >= 11 is 0. The Balaban J connectivity index is 2.25. The summed E-state index contributed by atoms with van der Waals surface area (Å²) in [5, 5.41) is 17.2. The van der Waals surface area contributed by atoms with E-state index >= 15 is 0 Å². The average molecular weight is 322 g/mol. The standard InChI is InChI=1S/C18H14N2O4/c1-21-17-9-13(5-7-15(17)23-11-19)3-4-14-6-8-16(24-12-20)18(10-14)22-2/h3-10H,1-2H3/b4-3+. The van der Waals surface area contributed by atoms with Gasteiger partial charge in [0.15, 0.2) is 23.0 Å². The molecule has 2 aromatic carbocycles. The van der Waals surface area contributed by atoms with Gasteiger partial charge in [-0.25, -0.2) is 0 Å². The zero-order chi connectivity index (χ0) is 17.4. The van der Waals surface area contributed by atoms with Crippen LogP contribution < -0.4 is 18.9 Å². The molecule has 0 aliphatic rings. The van der Waals surface area contributed by atoms with E-state index < -0.39 is 0 Å². The SMILES string of the molecule is COc1cc(/C=C/c2ccc(OC#N)c(OC)c2)ccc1OC#N. The second kappa shape index (κ2) is 8.11. The fourth-order valence-corrected chi connectivity index (χ4v) is 2.04. The van der Waals surface area contributed by atoms with Gasteiger partial charge in [-0.2, -0.15) is 0 Å². The largest absolute Gasteiger partial charge is 0.493 e. The predicted molar refractivity (Wildman–Crippen MR) is 87.4 cm³/mol. The van der Waals surface area contributed by atoms with Crippen molar-refractivity contribution < 1.29 is 18.9 Å². The molecule has 24 heavy (non-hydrogen) atoms. The molecule has 0 bridgehead atoms. The van der Waals surface area contributed by atoms with Gasteiger partial charge in [-0.1, -0.05) is 24.3 Å². The van der Waals surface area contributed by atoms with Gasteiger partial charge in [0.25, 0.3) is 12.5 Å². The second-order valence-electron chi connectivity index (χ2n) is 4.54. The summed E-state index contributed by atoms with van der Waals surface area (Å²) in [5.41, 5.74) is 1.74. The topological polar surface area (TPSA) is 84.5 Å². The van der Waals surface area contributed by atoms with Crippen molar-refractivity contribution in [2.75, 3.05) is 14.2 Å². The van der Waals surface area contributed by atoms with Crippen molar-refractivity contribution in [3.8, 4) is 35.5 Å². The highest BCUT2D eigenvalue weighted by atomic mass is 16.5. The maximum atomic E-state index is 8.59. The molecule has 0 aliphatic heterocycles. The normalized spacial score (nSPS) is 9.83. The molecule has 2 rings (SSSR count). The van der Waals surface area contributed by atoms with Crippen molar-refractivity contribution in [1.29, 1.82) is 10.5 Å². The summed E-state index contributed by atoms with van der Waals surface area (Å²) < 4.78 is 20.0. The van der Waals surface area contributed by atoms with Crippen LogP contribution in [0.1, 0.15) is 11.1 Å². The molecule has 2 aromatic rings. The van der Waals surface area contributed by atoms with Crippen LogP contribution in [0.15, 0.2) is 36.4 Å². The monoisotopic (exact) mass is 322 g/mol. The van der Waals surface area contributed by atoms with Gasteiger partial charge in [0.1, 0.15) is 0 Å². The van der Waals surface area contributed by atoms with E-state index in [0.29, 0.717) is 23.0 Å². The van der Waals surface area contributed by atoms with Gasteiger partial charge < -0.3 is 18.9 Å². The lowest BCUT2D eigenvalue weighted by atomic mass is 10.1. The first-order chi connectivity index (χ1) is 11.7. The van der Waals surface area contributed by atoms with Gasteiger partial charge in [-0.3, -0.25) is 0 Å². The van der Waals surface area contributed by atoms with Crippen LogP contribution in [-0.2, 0) is 0 Å². The van der Waals surface area contributed by atoms with E-state index in [2.05, 4.69) is 0 Å². The van der Waals surface area contributed by atoms with E-state index in [1.54, 1.807) is 48.9 Å². The van der Waals surface area contributed by atoms with Gasteiger partial charge in [-0.15, -0.1) is 10.5 Å². The second-order valence-corrected chi connectivity index (χ2v) is 4.54. The van der Waals surface area contributed by atoms with Crippen LogP contribution in [0, 0.1) is 23.0 Å². The van der Waals surface area contributed by atoms with Gasteiger partial charge in [-0.05, 0) is 35.4 Å². The lowest BCUT2D eigenvalue weighted by Crippen LogP contribution is -1.90. The molecule has 0 amide bonds. The third-order valence-corrected chi connectivity index (χ3v) is 3.15. The molecule has 0 saturated heterocycles. The zero-order valence-corrected chi connectivity index (χ0v) is 13.1. The van der Waals surface area contributed by atoms with Gasteiger partial charge in [0, 0.05) is 0 Å². The van der Waals surface area contributed by atoms with Crippen molar-refractivity contribution in [3.63, 3.8) is 0 Å². The first kappa shape index (κ1) is 16.7. The molecule has 6 heteroatoms. The maximum absolute atomic E-state index is 8.59. The smallest absolute Gasteiger partial charge is 0.292 e. The Morgan fingerprint density at radius 2 is 1.12 bits per heavy atom. The minimum Gasteiger partial charge on any atom is -0.493 e. The van der Waals surface area contributed by atoms with E-state index in [1.807, 2.05) is 12.2 Å². The van der Waals surface area contributed by atoms with Gasteiger partial charge >= 0.3 is 0 Å². The van der Waals surface area contributed by atoms with Crippen LogP contribution >= 0.6 is 0 Å². The third-order valence-electron chi connectivity index (χ3n) is 3.15. The maximum Gasteiger partial charge on any atom is 0.292 e. The summed E-state index contributed by atoms with van der Waals surface area (Å²) in [7, 11) is 3.01. The number of rotatable bonds is 6. The van der Waals surface area contributed by atoms with E-state index in [9.17, 15) is 0 Å². The summed E-state index contributed by atoms with van der Waals surface area (Å²) in [5.74, 6) is 1.65. The van der Waals surface area contributed by atoms with Crippen LogP contribution in [0.25, 0.3) is 12.2 Å². The Kier molecular flexibility index (Phi) is 5.65. The predicted octanol–water partition coefficient (Wildman–Crippen LogP) is 3.59. The lowest BCUT2D eigenvalue weighted by molar-refractivity contribution is 0.384. The minimum atomic E-state index is 0.358. The molecule has 6 nitrogen and oxygen atoms in total. The molecule has 0 spiro atoms. The number of hydrogen-bond acceptors (Lipinski definition) is 6. The van der Waals surface area contributed by atoms with Crippen molar-refractivity contribution in [2.45, 2.75) is 0 Å². The van der Waals surface area contributed by atoms with E-state index in [1.165, 1.54) is 14.2 Å². The van der Waals surface area contributed by atoms with Crippen molar-refractivity contribution >= 4 is 12.2 Å². The molecule has 0 aliphatic carbocycles. The fraction of sp³-hybridized carbons (Fsp3) is 0.111. The molecule has 120 valence electrons. The molecule has 0 fully saturated rings. The Morgan fingerprint density at radius 3 is 1.46 bits per heavy atom. The Labute approximate surface area is 139 Å². The molecule has 0 atom stereocenters. The van der Waals surface area contributed by atoms with Gasteiger partial charge in [0.05, 0.1) is 14.2 Å². The number of methoxy groups -OCH3 is 2. The quantitative estimate of drug-likeness (QED) is 0.597. The zero-order valence-electron chi connectivity index (χ0n) is 13.1. The highest BCUT2D eigenvalue weighted by molar-refractivity contribution is 5.72. The minimum absolute atomic E-state index is 0.358. The molecule has 0 unspecified atom stereocenters. The van der Waals surface area contributed by atoms with Crippen LogP contribution in [0.3, 0.4) is 0 Å².